The first-order valence-electron chi connectivity index (χ1n) is 4.57. The number of methoxy groups -OCH3 is 1. The summed E-state index contributed by atoms with van der Waals surface area (Å²) in [5, 5.41) is 8.95. The van der Waals surface area contributed by atoms with Crippen LogP contribution in [-0.2, 0) is 5.41 Å². The molecule has 1 aromatic carbocycles. The molecule has 0 heterocycles. The molecule has 1 aromatic rings. The fourth-order valence-electron chi connectivity index (χ4n) is 1.37. The Kier molecular flexibility index (Phi) is 3.17. The van der Waals surface area contributed by atoms with Crippen LogP contribution < -0.4 is 4.74 Å². The molecule has 0 aliphatic heterocycles. The van der Waals surface area contributed by atoms with Crippen molar-refractivity contribution < 1.29 is 9.84 Å². The average molecular weight is 192 g/mol. The molecule has 2 nitrogen and oxygen atoms in total. The summed E-state index contributed by atoms with van der Waals surface area (Å²) < 4.78 is 5.14. The van der Waals surface area contributed by atoms with Gasteiger partial charge in [-0.1, -0.05) is 26.8 Å². The van der Waals surface area contributed by atoms with Crippen LogP contribution in [-0.4, -0.2) is 12.2 Å². The lowest BCUT2D eigenvalue weighted by Gasteiger charge is -2.22. The van der Waals surface area contributed by atoms with Crippen LogP contribution in [0.5, 0.6) is 5.75 Å². The molecule has 0 spiro atoms. The summed E-state index contributed by atoms with van der Waals surface area (Å²) in [6.45, 7) is 8.46. The molecule has 2 heteroatoms. The van der Waals surface area contributed by atoms with Gasteiger partial charge in [-0.25, -0.2) is 0 Å². The van der Waals surface area contributed by atoms with Crippen molar-refractivity contribution in [2.75, 3.05) is 7.11 Å². The van der Waals surface area contributed by atoms with E-state index in [0.717, 1.165) is 16.9 Å². The second-order valence-corrected chi connectivity index (χ2v) is 4.27. The highest BCUT2D eigenvalue weighted by Crippen LogP contribution is 2.29. The smallest absolute Gasteiger partial charge is 0.162 e. The van der Waals surface area contributed by atoms with Gasteiger partial charge in [-0.3, -0.25) is 0 Å². The number of aliphatic hydroxyl groups is 1. The minimum absolute atomic E-state index is 0.0282. The predicted molar refractivity (Wildman–Crippen MR) is 56.0 cm³/mol. The highest BCUT2D eigenvalue weighted by molar-refractivity contribution is 5.42. The van der Waals surface area contributed by atoms with Crippen molar-refractivity contribution in [2.45, 2.75) is 26.2 Å². The second kappa shape index (κ2) is 4.01. The van der Waals surface area contributed by atoms with Crippen molar-refractivity contribution in [1.82, 2.24) is 0 Å². The third kappa shape index (κ3) is 2.26. The Morgan fingerprint density at radius 1 is 1.29 bits per heavy atom. The lowest BCUT2D eigenvalue weighted by Crippen LogP contribution is -2.14. The maximum Gasteiger partial charge on any atom is 0.162 e. The van der Waals surface area contributed by atoms with Gasteiger partial charge in [0, 0.05) is 0 Å². The molecule has 14 heavy (non-hydrogen) atoms. The Balaban J connectivity index is 3.22. The van der Waals surface area contributed by atoms with Crippen LogP contribution in [0.3, 0.4) is 0 Å². The Morgan fingerprint density at radius 3 is 2.36 bits per heavy atom. The number of ether oxygens (including phenoxy) is 1. The summed E-state index contributed by atoms with van der Waals surface area (Å²) in [4.78, 5) is 0. The Hall–Kier alpha value is -1.02. The molecule has 0 fully saturated rings. The summed E-state index contributed by atoms with van der Waals surface area (Å²) in [7, 11) is 1.63. The third-order valence-corrected chi connectivity index (χ3v) is 2.16. The predicted octanol–water partition coefficient (Wildman–Crippen LogP) is 2.75. The molecule has 0 aromatic heterocycles. The van der Waals surface area contributed by atoms with Gasteiger partial charge in [0.15, 0.2) is 6.61 Å². The standard InChI is InChI=1S/C12H16O2/c1-12(2,3)11-7-10(14-4)6-5-9(11)8-13/h5-7,13H,1-4H3. The number of aliphatic hydroxyl groups excluding tert-OH is 1. The summed E-state index contributed by atoms with van der Waals surface area (Å²) in [6.07, 6.45) is 0. The maximum atomic E-state index is 8.95. The Bertz CT molecular complexity index is 311. The van der Waals surface area contributed by atoms with Crippen LogP contribution in [0, 0.1) is 6.61 Å². The van der Waals surface area contributed by atoms with E-state index in [-0.39, 0.29) is 5.41 Å². The summed E-state index contributed by atoms with van der Waals surface area (Å²) in [6, 6.07) is 5.55. The number of rotatable bonds is 2. The van der Waals surface area contributed by atoms with Crippen molar-refractivity contribution in [1.29, 1.82) is 0 Å². The van der Waals surface area contributed by atoms with E-state index in [9.17, 15) is 0 Å². The van der Waals surface area contributed by atoms with E-state index < -0.39 is 0 Å². The van der Waals surface area contributed by atoms with E-state index in [0.29, 0.717) is 0 Å². The van der Waals surface area contributed by atoms with Crippen molar-refractivity contribution in [3.05, 3.63) is 35.9 Å². The SMILES string of the molecule is COc1ccc([C]O)c(C(C)(C)C)c1. The van der Waals surface area contributed by atoms with Gasteiger partial charge in [0.2, 0.25) is 0 Å². The first kappa shape index (κ1) is 11.1. The fraction of sp³-hybridized carbons (Fsp3) is 0.417. The zero-order valence-corrected chi connectivity index (χ0v) is 9.09. The summed E-state index contributed by atoms with van der Waals surface area (Å²) in [5.74, 6) is 0.800. The number of benzene rings is 1. The minimum atomic E-state index is -0.0282. The zero-order chi connectivity index (χ0) is 10.8. The van der Waals surface area contributed by atoms with Crippen LogP contribution in [0.4, 0.5) is 0 Å². The quantitative estimate of drug-likeness (QED) is 0.780. The van der Waals surface area contributed by atoms with E-state index in [4.69, 9.17) is 9.84 Å². The number of hydrogen-bond acceptors (Lipinski definition) is 2. The minimum Gasteiger partial charge on any atom is -0.497 e. The van der Waals surface area contributed by atoms with E-state index in [1.165, 1.54) is 0 Å². The van der Waals surface area contributed by atoms with Gasteiger partial charge in [-0.2, -0.15) is 0 Å². The van der Waals surface area contributed by atoms with E-state index in [1.807, 2.05) is 12.1 Å². The first-order chi connectivity index (χ1) is 6.49. The lowest BCUT2D eigenvalue weighted by atomic mass is 9.84. The molecule has 0 unspecified atom stereocenters. The molecule has 0 aliphatic rings. The Labute approximate surface area is 85.5 Å². The fourth-order valence-corrected chi connectivity index (χ4v) is 1.37. The molecule has 0 saturated carbocycles. The van der Waals surface area contributed by atoms with Crippen molar-refractivity contribution in [3.63, 3.8) is 0 Å². The first-order valence-corrected chi connectivity index (χ1v) is 4.57. The largest absolute Gasteiger partial charge is 0.497 e. The molecular weight excluding hydrogens is 176 g/mol. The maximum absolute atomic E-state index is 8.95. The van der Waals surface area contributed by atoms with Crippen LogP contribution >= 0.6 is 0 Å². The molecule has 0 amide bonds. The van der Waals surface area contributed by atoms with Crippen LogP contribution in [0.25, 0.3) is 0 Å². The molecule has 0 bridgehead atoms. The van der Waals surface area contributed by atoms with Gasteiger partial charge in [0.05, 0.1) is 7.11 Å². The van der Waals surface area contributed by atoms with Crippen molar-refractivity contribution in [3.8, 4) is 5.75 Å². The zero-order valence-electron chi connectivity index (χ0n) is 9.09. The average Bonchev–Trinajstić information content (AvgIpc) is 2.15. The normalized spacial score (nSPS) is 11.5. The second-order valence-electron chi connectivity index (χ2n) is 4.27. The van der Waals surface area contributed by atoms with E-state index in [1.54, 1.807) is 13.2 Å². The van der Waals surface area contributed by atoms with Gasteiger partial charge in [-0.05, 0) is 28.7 Å². The number of hydrogen-bond donors (Lipinski definition) is 1. The highest BCUT2D eigenvalue weighted by atomic mass is 16.5. The Morgan fingerprint density at radius 2 is 1.93 bits per heavy atom. The van der Waals surface area contributed by atoms with Gasteiger partial charge in [-0.15, -0.1) is 0 Å². The molecule has 2 radical (unpaired) electrons. The summed E-state index contributed by atoms with van der Waals surface area (Å²) in [5.41, 5.74) is 1.72. The topological polar surface area (TPSA) is 29.5 Å². The van der Waals surface area contributed by atoms with Crippen LogP contribution in [0.2, 0.25) is 0 Å². The van der Waals surface area contributed by atoms with E-state index in [2.05, 4.69) is 27.4 Å². The van der Waals surface area contributed by atoms with Crippen LogP contribution in [0.15, 0.2) is 18.2 Å². The van der Waals surface area contributed by atoms with Crippen molar-refractivity contribution >= 4 is 0 Å². The molecular formula is C12H16O2. The molecule has 1 N–H and O–H groups in total. The summed E-state index contributed by atoms with van der Waals surface area (Å²) >= 11 is 0. The molecule has 1 rings (SSSR count). The van der Waals surface area contributed by atoms with Gasteiger partial charge < -0.3 is 9.84 Å². The molecule has 76 valence electrons. The van der Waals surface area contributed by atoms with Crippen LogP contribution in [0.1, 0.15) is 31.9 Å². The monoisotopic (exact) mass is 192 g/mol. The van der Waals surface area contributed by atoms with Gasteiger partial charge in [0.25, 0.3) is 0 Å². The van der Waals surface area contributed by atoms with Gasteiger partial charge >= 0.3 is 0 Å². The lowest BCUT2D eigenvalue weighted by molar-refractivity contribution is 0.403. The molecule has 0 atom stereocenters. The van der Waals surface area contributed by atoms with Crippen molar-refractivity contribution in [2.24, 2.45) is 0 Å². The van der Waals surface area contributed by atoms with E-state index >= 15 is 0 Å². The third-order valence-electron chi connectivity index (χ3n) is 2.16. The molecule has 0 aliphatic carbocycles. The van der Waals surface area contributed by atoms with Gasteiger partial charge in [0.1, 0.15) is 5.75 Å². The molecule has 0 saturated heterocycles. The highest BCUT2D eigenvalue weighted by Gasteiger charge is 2.18.